The molecular weight excluding hydrogens is 507 g/mol. The third-order valence-corrected chi connectivity index (χ3v) is 8.66. The molecule has 1 aliphatic heterocycles. The molecule has 1 N–H and O–H groups in total. The summed E-state index contributed by atoms with van der Waals surface area (Å²) in [6.07, 6.45) is 1.39. The number of anilines is 2. The molecule has 1 aromatic heterocycles. The number of para-hydroxylation sites is 1. The van der Waals surface area contributed by atoms with Crippen LogP contribution in [0.2, 0.25) is 0 Å². The van der Waals surface area contributed by atoms with E-state index in [-0.39, 0.29) is 22.4 Å². The van der Waals surface area contributed by atoms with Crippen molar-refractivity contribution in [2.24, 2.45) is 0 Å². The van der Waals surface area contributed by atoms with Gasteiger partial charge >= 0.3 is 0 Å². The highest BCUT2D eigenvalue weighted by atomic mass is 32.2. The van der Waals surface area contributed by atoms with E-state index in [1.807, 2.05) is 30.3 Å². The predicted octanol–water partition coefficient (Wildman–Crippen LogP) is 3.84. The van der Waals surface area contributed by atoms with Crippen molar-refractivity contribution < 1.29 is 17.6 Å². The zero-order valence-electron chi connectivity index (χ0n) is 20.8. The minimum atomic E-state index is -4.05. The highest BCUT2D eigenvalue weighted by Crippen LogP contribution is 2.25. The maximum Gasteiger partial charge on any atom is 0.264 e. The Morgan fingerprint density at radius 2 is 1.66 bits per heavy atom. The van der Waals surface area contributed by atoms with E-state index in [1.165, 1.54) is 48.7 Å². The third kappa shape index (κ3) is 4.74. The van der Waals surface area contributed by atoms with Gasteiger partial charge in [0.2, 0.25) is 5.43 Å². The van der Waals surface area contributed by atoms with Gasteiger partial charge in [-0.25, -0.2) is 12.8 Å². The minimum Gasteiger partial charge on any atom is -0.368 e. The molecule has 8 nitrogen and oxygen atoms in total. The molecule has 0 atom stereocenters. The monoisotopic (exact) mass is 534 g/mol. The number of amides is 1. The number of H-pyrrole nitrogens is 1. The number of carbonyl (C=O) groups is 1. The van der Waals surface area contributed by atoms with Crippen molar-refractivity contribution in [3.05, 3.63) is 101 Å². The number of sulfonamides is 1. The Balaban J connectivity index is 1.42. The summed E-state index contributed by atoms with van der Waals surface area (Å²) in [4.78, 5) is 33.4. The molecule has 1 saturated heterocycles. The summed E-state index contributed by atoms with van der Waals surface area (Å²) in [5, 5.41) is 0.106. The summed E-state index contributed by atoms with van der Waals surface area (Å²) in [6.45, 7) is 3.98. The molecule has 0 radical (unpaired) electrons. The summed E-state index contributed by atoms with van der Waals surface area (Å²) >= 11 is 0. The molecule has 0 aliphatic carbocycles. The topological polar surface area (TPSA) is 93.8 Å². The van der Waals surface area contributed by atoms with Crippen LogP contribution < -0.4 is 14.6 Å². The van der Waals surface area contributed by atoms with Gasteiger partial charge in [0.25, 0.3) is 15.9 Å². The number of carbonyl (C=O) groups excluding carboxylic acids is 1. The van der Waals surface area contributed by atoms with Crippen LogP contribution in [0.3, 0.4) is 0 Å². The number of halogens is 1. The van der Waals surface area contributed by atoms with Crippen LogP contribution in [0.4, 0.5) is 15.8 Å². The first-order valence-corrected chi connectivity index (χ1v) is 13.8. The normalized spacial score (nSPS) is 14.1. The summed E-state index contributed by atoms with van der Waals surface area (Å²) in [7, 11) is -4.05. The van der Waals surface area contributed by atoms with E-state index in [0.717, 1.165) is 9.99 Å². The van der Waals surface area contributed by atoms with Gasteiger partial charge in [-0.05, 0) is 61.5 Å². The molecule has 2 heterocycles. The number of aromatic amines is 1. The van der Waals surface area contributed by atoms with Crippen molar-refractivity contribution in [3.8, 4) is 0 Å². The van der Waals surface area contributed by atoms with Gasteiger partial charge in [-0.1, -0.05) is 18.2 Å². The lowest BCUT2D eigenvalue weighted by atomic mass is 10.1. The second kappa shape index (κ2) is 10.3. The zero-order valence-corrected chi connectivity index (χ0v) is 21.6. The van der Waals surface area contributed by atoms with Gasteiger partial charge in [0.1, 0.15) is 11.4 Å². The van der Waals surface area contributed by atoms with Crippen LogP contribution in [0.5, 0.6) is 0 Å². The number of aromatic nitrogens is 1. The number of pyridine rings is 1. The number of fused-ring (bicyclic) bond motifs is 1. The van der Waals surface area contributed by atoms with Crippen molar-refractivity contribution in [1.29, 1.82) is 0 Å². The molecule has 4 aromatic rings. The Kier molecular flexibility index (Phi) is 6.90. The molecule has 10 heteroatoms. The number of nitrogens with zero attached hydrogens (tertiary/aromatic N) is 3. The lowest BCUT2D eigenvalue weighted by Crippen LogP contribution is -2.49. The molecule has 1 fully saturated rings. The van der Waals surface area contributed by atoms with Crippen molar-refractivity contribution in [1.82, 2.24) is 9.88 Å². The fourth-order valence-corrected chi connectivity index (χ4v) is 6.22. The first kappa shape index (κ1) is 25.5. The number of nitrogens with one attached hydrogen (secondary N) is 1. The van der Waals surface area contributed by atoms with E-state index in [9.17, 15) is 22.4 Å². The average Bonchev–Trinajstić information content (AvgIpc) is 2.94. The summed E-state index contributed by atoms with van der Waals surface area (Å²) in [5.74, 6) is -0.867. The van der Waals surface area contributed by atoms with Crippen LogP contribution >= 0.6 is 0 Å². The van der Waals surface area contributed by atoms with Gasteiger partial charge in [-0.3, -0.25) is 13.9 Å². The second-order valence-corrected chi connectivity index (χ2v) is 10.9. The summed E-state index contributed by atoms with van der Waals surface area (Å²) in [5.41, 5.74) is 1.24. The maximum absolute atomic E-state index is 13.5. The van der Waals surface area contributed by atoms with Crippen LogP contribution in [-0.2, 0) is 10.0 Å². The maximum atomic E-state index is 13.5. The van der Waals surface area contributed by atoms with E-state index in [2.05, 4.69) is 9.88 Å². The number of hydrogen-bond donors (Lipinski definition) is 1. The van der Waals surface area contributed by atoms with Crippen LogP contribution in [0.25, 0.3) is 10.9 Å². The number of piperazine rings is 1. The van der Waals surface area contributed by atoms with Crippen molar-refractivity contribution in [2.45, 2.75) is 11.8 Å². The molecule has 0 spiro atoms. The fourth-order valence-electron chi connectivity index (χ4n) is 4.72. The van der Waals surface area contributed by atoms with Gasteiger partial charge < -0.3 is 14.8 Å². The van der Waals surface area contributed by atoms with Crippen LogP contribution in [0.15, 0.2) is 88.7 Å². The van der Waals surface area contributed by atoms with Crippen molar-refractivity contribution >= 4 is 38.2 Å². The SMILES string of the molecule is CCN(c1ccc(F)cc1)S(=O)(=O)c1ccc2[nH]cc(C(=O)N3CCN(c4ccccc4)CC3)c(=O)c2c1. The van der Waals surface area contributed by atoms with E-state index in [4.69, 9.17) is 0 Å². The molecule has 1 aliphatic rings. The summed E-state index contributed by atoms with van der Waals surface area (Å²) in [6, 6.07) is 19.3. The summed E-state index contributed by atoms with van der Waals surface area (Å²) < 4.78 is 41.4. The Morgan fingerprint density at radius 3 is 2.32 bits per heavy atom. The Labute approximate surface area is 220 Å². The van der Waals surface area contributed by atoms with Gasteiger partial charge in [-0.2, -0.15) is 0 Å². The first-order valence-electron chi connectivity index (χ1n) is 12.3. The molecular formula is C28H27FN4O4S. The first-order chi connectivity index (χ1) is 18.3. The zero-order chi connectivity index (χ0) is 26.9. The van der Waals surface area contributed by atoms with Gasteiger partial charge in [-0.15, -0.1) is 0 Å². The molecule has 0 bridgehead atoms. The molecule has 0 saturated carbocycles. The van der Waals surface area contributed by atoms with E-state index >= 15 is 0 Å². The van der Waals surface area contributed by atoms with E-state index in [0.29, 0.717) is 37.4 Å². The average molecular weight is 535 g/mol. The number of rotatable bonds is 6. The van der Waals surface area contributed by atoms with Crippen molar-refractivity contribution in [2.75, 3.05) is 41.9 Å². The van der Waals surface area contributed by atoms with E-state index in [1.54, 1.807) is 11.8 Å². The Morgan fingerprint density at radius 1 is 0.974 bits per heavy atom. The largest absolute Gasteiger partial charge is 0.368 e. The second-order valence-electron chi connectivity index (χ2n) is 9.00. The molecule has 3 aromatic carbocycles. The number of hydrogen-bond acceptors (Lipinski definition) is 5. The molecule has 1 amide bonds. The highest BCUT2D eigenvalue weighted by molar-refractivity contribution is 7.92. The van der Waals surface area contributed by atoms with Crippen LogP contribution in [-0.4, -0.2) is 56.9 Å². The fraction of sp³-hybridized carbons (Fsp3) is 0.214. The lowest BCUT2D eigenvalue weighted by Gasteiger charge is -2.36. The van der Waals surface area contributed by atoms with E-state index < -0.39 is 27.2 Å². The van der Waals surface area contributed by atoms with Crippen molar-refractivity contribution in [3.63, 3.8) is 0 Å². The minimum absolute atomic E-state index is 0.0360. The van der Waals surface area contributed by atoms with Crippen LogP contribution in [0.1, 0.15) is 17.3 Å². The Bertz CT molecular complexity index is 1630. The van der Waals surface area contributed by atoms with Gasteiger partial charge in [0.05, 0.1) is 10.6 Å². The lowest BCUT2D eigenvalue weighted by molar-refractivity contribution is 0.0745. The third-order valence-electron chi connectivity index (χ3n) is 6.76. The smallest absolute Gasteiger partial charge is 0.264 e. The number of benzene rings is 3. The molecule has 38 heavy (non-hydrogen) atoms. The molecule has 5 rings (SSSR count). The Hall–Kier alpha value is -4.18. The van der Waals surface area contributed by atoms with Gasteiger partial charge in [0.15, 0.2) is 0 Å². The quantitative estimate of drug-likeness (QED) is 0.406. The molecule has 0 unspecified atom stereocenters. The molecule has 196 valence electrons. The standard InChI is InChI=1S/C28H27FN4O4S/c1-2-33(22-10-8-20(29)9-11-22)38(36,37)23-12-13-26-24(18-23)27(34)25(19-30-26)28(35)32-16-14-31(15-17-32)21-6-4-3-5-7-21/h3-13,18-19H,2,14-17H2,1H3,(H,30,34). The highest BCUT2D eigenvalue weighted by Gasteiger charge is 2.27. The predicted molar refractivity (Wildman–Crippen MR) is 146 cm³/mol. The van der Waals surface area contributed by atoms with Crippen LogP contribution in [0, 0.1) is 5.82 Å². The van der Waals surface area contributed by atoms with Gasteiger partial charge in [0, 0.05) is 55.5 Å².